The smallest absolute Gasteiger partial charge is 0.260 e. The van der Waals surface area contributed by atoms with Crippen molar-refractivity contribution in [3.05, 3.63) is 33.7 Å². The molecule has 0 bridgehead atoms. The zero-order valence-electron chi connectivity index (χ0n) is 12.2. The fraction of sp³-hybridized carbons (Fsp3) is 0.600. The van der Waals surface area contributed by atoms with E-state index in [1.165, 1.54) is 6.42 Å². The van der Waals surface area contributed by atoms with Crippen LogP contribution in [0.2, 0.25) is 0 Å². The molecular formula is C15H23N3O2. The molecule has 0 radical (unpaired) electrons. The third-order valence-electron chi connectivity index (χ3n) is 4.28. The Morgan fingerprint density at radius 2 is 2.10 bits per heavy atom. The first kappa shape index (κ1) is 14.8. The van der Waals surface area contributed by atoms with Gasteiger partial charge in [0.05, 0.1) is 0 Å². The van der Waals surface area contributed by atoms with E-state index < -0.39 is 0 Å². The molecule has 1 aromatic heterocycles. The van der Waals surface area contributed by atoms with Gasteiger partial charge >= 0.3 is 0 Å². The number of hydrogen-bond donors (Lipinski definition) is 2. The maximum Gasteiger partial charge on any atom is 0.260 e. The van der Waals surface area contributed by atoms with Crippen LogP contribution in [0.25, 0.3) is 0 Å². The molecule has 2 rings (SSSR count). The Bertz CT molecular complexity index is 538. The van der Waals surface area contributed by atoms with Crippen LogP contribution in [0.1, 0.15) is 41.7 Å². The second-order valence-corrected chi connectivity index (χ2v) is 5.65. The molecule has 5 nitrogen and oxygen atoms in total. The number of aromatic amines is 1. The molecule has 0 aromatic carbocycles. The van der Waals surface area contributed by atoms with Crippen LogP contribution in [0.5, 0.6) is 0 Å². The molecule has 1 fully saturated rings. The monoisotopic (exact) mass is 277 g/mol. The lowest BCUT2D eigenvalue weighted by molar-refractivity contribution is 0.0618. The molecule has 20 heavy (non-hydrogen) atoms. The molecule has 3 N–H and O–H groups in total. The molecule has 2 unspecified atom stereocenters. The number of aryl methyl sites for hydroxylation is 1. The number of nitrogens with one attached hydrogen (secondary N) is 1. The zero-order chi connectivity index (χ0) is 14.7. The van der Waals surface area contributed by atoms with E-state index in [1.54, 1.807) is 31.0 Å². The van der Waals surface area contributed by atoms with E-state index in [4.69, 9.17) is 5.73 Å². The van der Waals surface area contributed by atoms with Gasteiger partial charge in [0.15, 0.2) is 0 Å². The number of carbonyl (C=O) groups excluding carboxylic acids is 1. The van der Waals surface area contributed by atoms with Gasteiger partial charge in [-0.2, -0.15) is 0 Å². The van der Waals surface area contributed by atoms with Crippen molar-refractivity contribution in [3.8, 4) is 0 Å². The highest BCUT2D eigenvalue weighted by Gasteiger charge is 2.31. The molecule has 1 aliphatic carbocycles. The quantitative estimate of drug-likeness (QED) is 0.873. The fourth-order valence-corrected chi connectivity index (χ4v) is 3.05. The molecule has 0 spiro atoms. The minimum absolute atomic E-state index is 0.141. The number of carbonyl (C=O) groups is 1. The second-order valence-electron chi connectivity index (χ2n) is 5.65. The summed E-state index contributed by atoms with van der Waals surface area (Å²) in [6.45, 7) is 2.39. The Morgan fingerprint density at radius 1 is 1.40 bits per heavy atom. The summed E-state index contributed by atoms with van der Waals surface area (Å²) in [5, 5.41) is 0. The average molecular weight is 277 g/mol. The molecular weight excluding hydrogens is 254 g/mol. The summed E-state index contributed by atoms with van der Waals surface area (Å²) in [6.07, 6.45) is 4.31. The van der Waals surface area contributed by atoms with Crippen LogP contribution in [-0.2, 0) is 0 Å². The predicted molar refractivity (Wildman–Crippen MR) is 78.7 cm³/mol. The number of rotatable bonds is 3. The van der Waals surface area contributed by atoms with E-state index in [9.17, 15) is 9.59 Å². The van der Waals surface area contributed by atoms with Crippen molar-refractivity contribution in [3.63, 3.8) is 0 Å². The van der Waals surface area contributed by atoms with Gasteiger partial charge in [-0.05, 0) is 44.4 Å². The van der Waals surface area contributed by atoms with E-state index in [2.05, 4.69) is 4.98 Å². The molecule has 1 aromatic rings. The Hall–Kier alpha value is -1.62. The van der Waals surface area contributed by atoms with E-state index >= 15 is 0 Å². The second kappa shape index (κ2) is 6.22. The summed E-state index contributed by atoms with van der Waals surface area (Å²) >= 11 is 0. The predicted octanol–water partition coefficient (Wildman–Crippen LogP) is 1.27. The number of aromatic nitrogens is 1. The molecule has 2 atom stereocenters. The summed E-state index contributed by atoms with van der Waals surface area (Å²) in [7, 11) is 1.78. The normalized spacial score (nSPS) is 22.6. The number of nitrogens with two attached hydrogens (primary N) is 1. The Kier molecular flexibility index (Phi) is 4.60. The van der Waals surface area contributed by atoms with E-state index in [-0.39, 0.29) is 23.1 Å². The zero-order valence-corrected chi connectivity index (χ0v) is 12.2. The molecule has 0 saturated heterocycles. The Morgan fingerprint density at radius 3 is 2.75 bits per heavy atom. The van der Waals surface area contributed by atoms with Gasteiger partial charge in [-0.3, -0.25) is 9.59 Å². The minimum atomic E-state index is -0.318. The van der Waals surface area contributed by atoms with Gasteiger partial charge in [0.2, 0.25) is 0 Å². The van der Waals surface area contributed by atoms with Crippen LogP contribution in [-0.4, -0.2) is 35.4 Å². The van der Waals surface area contributed by atoms with Crippen molar-refractivity contribution in [1.82, 2.24) is 9.88 Å². The lowest BCUT2D eigenvalue weighted by Crippen LogP contribution is -2.47. The van der Waals surface area contributed by atoms with Crippen molar-refractivity contribution in [1.29, 1.82) is 0 Å². The van der Waals surface area contributed by atoms with Crippen molar-refractivity contribution in [2.45, 2.75) is 38.6 Å². The molecule has 1 amide bonds. The minimum Gasteiger partial charge on any atom is -0.338 e. The SMILES string of the molecule is Cc1ccc(C(=O)N(C)C2CCCCC2CN)c(=O)[nH]1. The molecule has 0 aliphatic heterocycles. The van der Waals surface area contributed by atoms with Crippen LogP contribution in [0.15, 0.2) is 16.9 Å². The van der Waals surface area contributed by atoms with Gasteiger partial charge in [0.25, 0.3) is 11.5 Å². The van der Waals surface area contributed by atoms with Gasteiger partial charge in [-0.1, -0.05) is 12.8 Å². The highest BCUT2D eigenvalue weighted by molar-refractivity contribution is 5.93. The van der Waals surface area contributed by atoms with Gasteiger partial charge in [-0.25, -0.2) is 0 Å². The third-order valence-corrected chi connectivity index (χ3v) is 4.28. The summed E-state index contributed by atoms with van der Waals surface area (Å²) in [4.78, 5) is 28.8. The van der Waals surface area contributed by atoms with Gasteiger partial charge < -0.3 is 15.6 Å². The largest absolute Gasteiger partial charge is 0.338 e. The first-order valence-corrected chi connectivity index (χ1v) is 7.21. The van der Waals surface area contributed by atoms with Crippen molar-refractivity contribution in [2.75, 3.05) is 13.6 Å². The Labute approximate surface area is 119 Å². The summed E-state index contributed by atoms with van der Waals surface area (Å²) in [5.74, 6) is 0.124. The van der Waals surface area contributed by atoms with Gasteiger partial charge in [-0.15, -0.1) is 0 Å². The molecule has 110 valence electrons. The first-order chi connectivity index (χ1) is 9.54. The average Bonchev–Trinajstić information content (AvgIpc) is 2.45. The van der Waals surface area contributed by atoms with E-state index in [0.29, 0.717) is 12.5 Å². The van der Waals surface area contributed by atoms with Crippen molar-refractivity contribution >= 4 is 5.91 Å². The number of pyridine rings is 1. The van der Waals surface area contributed by atoms with Crippen molar-refractivity contribution < 1.29 is 4.79 Å². The highest BCUT2D eigenvalue weighted by Crippen LogP contribution is 2.27. The van der Waals surface area contributed by atoms with E-state index in [0.717, 1.165) is 25.0 Å². The van der Waals surface area contributed by atoms with Gasteiger partial charge in [0, 0.05) is 18.8 Å². The lowest BCUT2D eigenvalue weighted by atomic mass is 9.83. The highest BCUT2D eigenvalue weighted by atomic mass is 16.2. The van der Waals surface area contributed by atoms with Gasteiger partial charge in [0.1, 0.15) is 5.56 Å². The number of nitrogens with zero attached hydrogens (tertiary/aromatic N) is 1. The molecule has 1 saturated carbocycles. The van der Waals surface area contributed by atoms with Crippen LogP contribution in [0.4, 0.5) is 0 Å². The maximum atomic E-state index is 12.5. The third kappa shape index (κ3) is 2.93. The number of amides is 1. The van der Waals surface area contributed by atoms with E-state index in [1.807, 2.05) is 0 Å². The van der Waals surface area contributed by atoms with Crippen LogP contribution < -0.4 is 11.3 Å². The lowest BCUT2D eigenvalue weighted by Gasteiger charge is -2.37. The number of H-pyrrole nitrogens is 1. The number of hydrogen-bond acceptors (Lipinski definition) is 3. The fourth-order valence-electron chi connectivity index (χ4n) is 3.05. The summed E-state index contributed by atoms with van der Waals surface area (Å²) in [5.41, 5.74) is 6.46. The summed E-state index contributed by atoms with van der Waals surface area (Å²) in [6, 6.07) is 3.50. The standard InChI is InChI=1S/C15H23N3O2/c1-10-7-8-12(14(19)17-10)15(20)18(2)13-6-4-3-5-11(13)9-16/h7-8,11,13H,3-6,9,16H2,1-2H3,(H,17,19). The van der Waals surface area contributed by atoms with Crippen LogP contribution >= 0.6 is 0 Å². The van der Waals surface area contributed by atoms with Crippen molar-refractivity contribution in [2.24, 2.45) is 11.7 Å². The van der Waals surface area contributed by atoms with Crippen LogP contribution in [0, 0.1) is 12.8 Å². The summed E-state index contributed by atoms with van der Waals surface area (Å²) < 4.78 is 0. The van der Waals surface area contributed by atoms with Crippen LogP contribution in [0.3, 0.4) is 0 Å². The molecule has 1 heterocycles. The topological polar surface area (TPSA) is 79.2 Å². The molecule has 1 aliphatic rings. The maximum absolute atomic E-state index is 12.5. The first-order valence-electron chi connectivity index (χ1n) is 7.21. The molecule has 5 heteroatoms. The Balaban J connectivity index is 2.21.